The van der Waals surface area contributed by atoms with Crippen molar-refractivity contribution in [3.05, 3.63) is 65.2 Å². The van der Waals surface area contributed by atoms with Crippen LogP contribution in [0.5, 0.6) is 17.2 Å². The van der Waals surface area contributed by atoms with E-state index in [4.69, 9.17) is 18.9 Å². The number of carbonyl (C=O) groups is 2. The van der Waals surface area contributed by atoms with Gasteiger partial charge in [-0.1, -0.05) is 18.2 Å². The second-order valence-electron chi connectivity index (χ2n) is 6.49. The minimum Gasteiger partial charge on any atom is -0.493 e. The number of benzene rings is 2. The average Bonchev–Trinajstić information content (AvgIpc) is 3.09. The first-order valence-corrected chi connectivity index (χ1v) is 9.76. The van der Waals surface area contributed by atoms with Crippen molar-refractivity contribution in [3.8, 4) is 17.2 Å². The number of allylic oxidation sites excluding steroid dienone is 1. The number of Topliss-reactive ketones (excluding diaryl/α,β-unsaturated/α-hetero) is 1. The molecule has 0 amide bonds. The predicted molar refractivity (Wildman–Crippen MR) is 114 cm³/mol. The monoisotopic (exact) mass is 461 g/mol. The average molecular weight is 461 g/mol. The zero-order chi connectivity index (χ0) is 24.0. The summed E-state index contributed by atoms with van der Waals surface area (Å²) in [6.07, 6.45) is 1.32. The molecule has 0 radical (unpaired) electrons. The highest BCUT2D eigenvalue weighted by atomic mass is 19.3. The van der Waals surface area contributed by atoms with Crippen LogP contribution < -0.4 is 19.5 Å². The van der Waals surface area contributed by atoms with Crippen molar-refractivity contribution in [2.75, 3.05) is 26.1 Å². The summed E-state index contributed by atoms with van der Waals surface area (Å²) in [7, 11) is 2.53. The highest BCUT2D eigenvalue weighted by Crippen LogP contribution is 2.40. The third-order valence-electron chi connectivity index (χ3n) is 4.39. The quantitative estimate of drug-likeness (QED) is 0.339. The highest BCUT2D eigenvalue weighted by Gasteiger charge is 2.37. The van der Waals surface area contributed by atoms with Crippen LogP contribution in [0.4, 0.5) is 14.5 Å². The van der Waals surface area contributed by atoms with Crippen LogP contribution in [-0.2, 0) is 19.1 Å². The van der Waals surface area contributed by atoms with Gasteiger partial charge >= 0.3 is 12.6 Å². The lowest BCUT2D eigenvalue weighted by Crippen LogP contribution is -2.16. The lowest BCUT2D eigenvalue weighted by Gasteiger charge is -2.14. The van der Waals surface area contributed by atoms with Gasteiger partial charge in [0, 0.05) is 5.69 Å². The van der Waals surface area contributed by atoms with Gasteiger partial charge in [0.15, 0.2) is 22.8 Å². The van der Waals surface area contributed by atoms with Gasteiger partial charge in [0.05, 0.1) is 20.8 Å². The zero-order valence-corrected chi connectivity index (χ0v) is 18.0. The molecule has 3 rings (SSSR count). The second-order valence-corrected chi connectivity index (χ2v) is 6.49. The van der Waals surface area contributed by atoms with Gasteiger partial charge in [-0.2, -0.15) is 8.78 Å². The lowest BCUT2D eigenvalue weighted by molar-refractivity contribution is -0.139. The number of anilines is 1. The van der Waals surface area contributed by atoms with Gasteiger partial charge in [0.2, 0.25) is 17.4 Å². The number of ketones is 1. The number of carbonyl (C=O) groups excluding carboxylic acids is 2. The zero-order valence-electron chi connectivity index (χ0n) is 18.0. The number of halogens is 2. The highest BCUT2D eigenvalue weighted by molar-refractivity contribution is 6.26. The van der Waals surface area contributed by atoms with Crippen molar-refractivity contribution in [2.45, 2.75) is 13.5 Å². The van der Waals surface area contributed by atoms with Crippen molar-refractivity contribution >= 4 is 23.5 Å². The van der Waals surface area contributed by atoms with Crippen molar-refractivity contribution in [2.24, 2.45) is 0 Å². The Morgan fingerprint density at radius 2 is 1.76 bits per heavy atom. The fraction of sp³-hybridized carbons (Fsp3) is 0.217. The van der Waals surface area contributed by atoms with E-state index < -0.39 is 18.4 Å². The summed E-state index contributed by atoms with van der Waals surface area (Å²) in [4.78, 5) is 25.4. The Hall–Kier alpha value is -4.08. The van der Waals surface area contributed by atoms with E-state index in [0.717, 1.165) is 0 Å². The molecule has 0 aromatic heterocycles. The van der Waals surface area contributed by atoms with Gasteiger partial charge in [-0.25, -0.2) is 4.79 Å². The van der Waals surface area contributed by atoms with Crippen LogP contribution in [0, 0.1) is 0 Å². The standard InChI is InChI=1S/C23H21F2NO7/c1-4-31-22(28)18-19(27)15(32-21(18)26-14-8-6-5-7-9-14)10-13-11-16(29-2)20(33-23(24)25)17(12-13)30-3/h5-12,23,26H,4H2,1-3H3/b15-10-. The molecule has 0 bridgehead atoms. The minimum atomic E-state index is -3.10. The van der Waals surface area contributed by atoms with Gasteiger partial charge in [0.1, 0.15) is 0 Å². The van der Waals surface area contributed by atoms with Gasteiger partial charge in [-0.05, 0) is 42.8 Å². The number of para-hydroxylation sites is 1. The Labute approximate surface area is 188 Å². The molecular weight excluding hydrogens is 440 g/mol. The molecule has 0 spiro atoms. The van der Waals surface area contributed by atoms with Crippen molar-refractivity contribution < 1.29 is 42.1 Å². The molecule has 0 atom stereocenters. The summed E-state index contributed by atoms with van der Waals surface area (Å²) in [6, 6.07) is 11.5. The Bertz CT molecular complexity index is 1070. The molecule has 10 heteroatoms. The van der Waals surface area contributed by atoms with E-state index in [2.05, 4.69) is 10.1 Å². The van der Waals surface area contributed by atoms with E-state index in [-0.39, 0.29) is 41.1 Å². The van der Waals surface area contributed by atoms with E-state index >= 15 is 0 Å². The fourth-order valence-electron chi connectivity index (χ4n) is 3.00. The number of alkyl halides is 2. The lowest BCUT2D eigenvalue weighted by atomic mass is 10.1. The van der Waals surface area contributed by atoms with Crippen molar-refractivity contribution in [1.29, 1.82) is 0 Å². The normalized spacial score (nSPS) is 14.4. The molecule has 1 N–H and O–H groups in total. The van der Waals surface area contributed by atoms with Gasteiger partial charge in [0.25, 0.3) is 0 Å². The van der Waals surface area contributed by atoms with E-state index in [1.165, 1.54) is 32.4 Å². The molecule has 1 heterocycles. The van der Waals surface area contributed by atoms with Gasteiger partial charge in [-0.3, -0.25) is 4.79 Å². The largest absolute Gasteiger partial charge is 0.493 e. The Morgan fingerprint density at radius 1 is 1.12 bits per heavy atom. The molecule has 1 aliphatic rings. The first-order chi connectivity index (χ1) is 15.9. The topological polar surface area (TPSA) is 92.3 Å². The molecule has 33 heavy (non-hydrogen) atoms. The number of ether oxygens (including phenoxy) is 5. The summed E-state index contributed by atoms with van der Waals surface area (Å²) in [5.41, 5.74) is 0.599. The Kier molecular flexibility index (Phi) is 7.50. The molecular formula is C23H21F2NO7. The third-order valence-corrected chi connectivity index (χ3v) is 4.39. The second kappa shape index (κ2) is 10.5. The summed E-state index contributed by atoms with van der Waals surface area (Å²) >= 11 is 0. The SMILES string of the molecule is CCOC(=O)C1=C(Nc2ccccc2)O/C(=C\c2cc(OC)c(OC(F)F)c(OC)c2)C1=O. The molecule has 8 nitrogen and oxygen atoms in total. The van der Waals surface area contributed by atoms with E-state index in [9.17, 15) is 18.4 Å². The minimum absolute atomic E-state index is 0.0480. The Morgan fingerprint density at radius 3 is 2.30 bits per heavy atom. The summed E-state index contributed by atoms with van der Waals surface area (Å²) in [5.74, 6) is -2.23. The molecule has 0 fully saturated rings. The fourth-order valence-corrected chi connectivity index (χ4v) is 3.00. The van der Waals surface area contributed by atoms with Crippen LogP contribution in [0.15, 0.2) is 59.7 Å². The first-order valence-electron chi connectivity index (χ1n) is 9.76. The molecule has 0 aliphatic carbocycles. The maximum absolute atomic E-state index is 13.0. The molecule has 0 saturated heterocycles. The van der Waals surface area contributed by atoms with Crippen molar-refractivity contribution in [3.63, 3.8) is 0 Å². The van der Waals surface area contributed by atoms with Crippen molar-refractivity contribution in [1.82, 2.24) is 0 Å². The summed E-state index contributed by atoms with van der Waals surface area (Å²) < 4.78 is 50.9. The molecule has 2 aromatic rings. The van der Waals surface area contributed by atoms with Crippen LogP contribution >= 0.6 is 0 Å². The van der Waals surface area contributed by atoms with Crippen LogP contribution in [-0.4, -0.2) is 39.2 Å². The van der Waals surface area contributed by atoms with E-state index in [1.54, 1.807) is 37.3 Å². The number of rotatable bonds is 9. The van der Waals surface area contributed by atoms with E-state index in [0.29, 0.717) is 11.3 Å². The maximum Gasteiger partial charge on any atom is 0.387 e. The first kappa shape index (κ1) is 23.6. The molecule has 0 saturated carbocycles. The number of hydrogen-bond donors (Lipinski definition) is 1. The van der Waals surface area contributed by atoms with E-state index in [1.807, 2.05) is 0 Å². The number of methoxy groups -OCH3 is 2. The smallest absolute Gasteiger partial charge is 0.387 e. The predicted octanol–water partition coefficient (Wildman–Crippen LogP) is 4.13. The third kappa shape index (κ3) is 5.40. The molecule has 0 unspecified atom stereocenters. The Balaban J connectivity index is 1.99. The van der Waals surface area contributed by atoms with Crippen LogP contribution in [0.1, 0.15) is 12.5 Å². The van der Waals surface area contributed by atoms with Gasteiger partial charge < -0.3 is 29.0 Å². The molecule has 1 aliphatic heterocycles. The van der Waals surface area contributed by atoms with Crippen LogP contribution in [0.25, 0.3) is 6.08 Å². The van der Waals surface area contributed by atoms with Gasteiger partial charge in [-0.15, -0.1) is 0 Å². The van der Waals surface area contributed by atoms with Crippen LogP contribution in [0.2, 0.25) is 0 Å². The van der Waals surface area contributed by atoms with Crippen LogP contribution in [0.3, 0.4) is 0 Å². The summed E-state index contributed by atoms with van der Waals surface area (Å²) in [5, 5.41) is 2.89. The summed E-state index contributed by atoms with van der Waals surface area (Å²) in [6.45, 7) is -1.42. The number of esters is 1. The maximum atomic E-state index is 13.0. The molecule has 174 valence electrons. The number of nitrogens with one attached hydrogen (secondary N) is 1. The molecule has 2 aromatic carbocycles. The number of hydrogen-bond acceptors (Lipinski definition) is 8.